The quantitative estimate of drug-likeness (QED) is 0.553. The molecule has 10 heteroatoms. The van der Waals surface area contributed by atoms with Crippen molar-refractivity contribution in [2.75, 3.05) is 25.5 Å². The van der Waals surface area contributed by atoms with Crippen molar-refractivity contribution in [2.24, 2.45) is 5.92 Å². The monoisotopic (exact) mass is 483 g/mol. The average molecular weight is 483 g/mol. The summed E-state index contributed by atoms with van der Waals surface area (Å²) >= 11 is 0. The van der Waals surface area contributed by atoms with E-state index in [1.165, 1.54) is 18.1 Å². The van der Waals surface area contributed by atoms with Crippen LogP contribution in [0.1, 0.15) is 22.5 Å². The summed E-state index contributed by atoms with van der Waals surface area (Å²) in [5, 5.41) is 5.26. The Hall–Kier alpha value is -3.95. The molecule has 1 aliphatic heterocycles. The van der Waals surface area contributed by atoms with Gasteiger partial charge in [0, 0.05) is 43.8 Å². The Morgan fingerprint density at radius 1 is 1.03 bits per heavy atom. The topological polar surface area (TPSA) is 87.2 Å². The summed E-state index contributed by atoms with van der Waals surface area (Å²) in [6, 6.07) is 11.9. The number of aryl methyl sites for hydroxylation is 1. The lowest BCUT2D eigenvalue weighted by atomic mass is 9.99. The first kappa shape index (κ1) is 24.2. The molecule has 1 atom stereocenters. The Balaban J connectivity index is 1.56. The second-order valence-electron chi connectivity index (χ2n) is 8.37. The van der Waals surface area contributed by atoms with E-state index in [1.54, 1.807) is 30.5 Å². The van der Waals surface area contributed by atoms with E-state index in [1.807, 2.05) is 25.1 Å². The number of carbonyl (C=O) groups is 2. The molecule has 7 nitrogen and oxygen atoms in total. The Morgan fingerprint density at radius 2 is 1.77 bits per heavy atom. The van der Waals surface area contributed by atoms with E-state index >= 15 is 0 Å². The molecule has 0 aliphatic carbocycles. The van der Waals surface area contributed by atoms with Crippen LogP contribution in [0.3, 0.4) is 0 Å². The summed E-state index contributed by atoms with van der Waals surface area (Å²) in [6.45, 7) is 1.64. The van der Waals surface area contributed by atoms with Crippen molar-refractivity contribution in [1.82, 2.24) is 20.2 Å². The SMILES string of the molecule is CNC(=O)c1cc(-c2cc(-c3cc(NC(=O)N4CC[C@H](C(F)(F)F)C4)ccc3C)ccn2)ccn1. The van der Waals surface area contributed by atoms with Gasteiger partial charge in [0.2, 0.25) is 0 Å². The summed E-state index contributed by atoms with van der Waals surface area (Å²) < 4.78 is 38.9. The van der Waals surface area contributed by atoms with Crippen LogP contribution in [0.4, 0.5) is 23.7 Å². The van der Waals surface area contributed by atoms with Gasteiger partial charge in [-0.3, -0.25) is 14.8 Å². The molecule has 3 heterocycles. The Labute approximate surface area is 200 Å². The highest BCUT2D eigenvalue weighted by Crippen LogP contribution is 2.34. The van der Waals surface area contributed by atoms with Crippen molar-refractivity contribution in [3.63, 3.8) is 0 Å². The first-order valence-corrected chi connectivity index (χ1v) is 11.0. The normalized spacial score (nSPS) is 15.7. The van der Waals surface area contributed by atoms with Crippen LogP contribution in [-0.4, -0.2) is 53.1 Å². The molecule has 0 bridgehead atoms. The lowest BCUT2D eigenvalue weighted by Crippen LogP contribution is -2.35. The fourth-order valence-electron chi connectivity index (χ4n) is 4.02. The van der Waals surface area contributed by atoms with Crippen LogP contribution < -0.4 is 10.6 Å². The van der Waals surface area contributed by atoms with Crippen LogP contribution in [0.5, 0.6) is 0 Å². The molecular formula is C25H24F3N5O2. The number of benzene rings is 1. The number of nitrogens with zero attached hydrogens (tertiary/aromatic N) is 3. The molecule has 1 aliphatic rings. The highest BCUT2D eigenvalue weighted by molar-refractivity contribution is 5.93. The summed E-state index contributed by atoms with van der Waals surface area (Å²) in [7, 11) is 1.53. The molecule has 1 aromatic carbocycles. The fraction of sp³-hybridized carbons (Fsp3) is 0.280. The molecule has 0 saturated carbocycles. The average Bonchev–Trinajstić information content (AvgIpc) is 3.36. The number of halogens is 3. The van der Waals surface area contributed by atoms with E-state index in [4.69, 9.17) is 0 Å². The molecule has 0 unspecified atom stereocenters. The highest BCUT2D eigenvalue weighted by atomic mass is 19.4. The molecule has 4 rings (SSSR count). The van der Waals surface area contributed by atoms with Crippen LogP contribution in [0.15, 0.2) is 54.9 Å². The lowest BCUT2D eigenvalue weighted by Gasteiger charge is -2.19. The number of urea groups is 1. The van der Waals surface area contributed by atoms with E-state index in [-0.39, 0.29) is 31.1 Å². The third-order valence-corrected chi connectivity index (χ3v) is 6.01. The van der Waals surface area contributed by atoms with E-state index in [9.17, 15) is 22.8 Å². The molecule has 0 radical (unpaired) electrons. The highest BCUT2D eigenvalue weighted by Gasteiger charge is 2.44. The molecule has 2 N–H and O–H groups in total. The smallest absolute Gasteiger partial charge is 0.354 e. The van der Waals surface area contributed by atoms with Gasteiger partial charge in [-0.25, -0.2) is 4.79 Å². The summed E-state index contributed by atoms with van der Waals surface area (Å²) in [5.74, 6) is -1.80. The van der Waals surface area contributed by atoms with Crippen LogP contribution in [0.25, 0.3) is 22.4 Å². The maximum atomic E-state index is 13.0. The van der Waals surface area contributed by atoms with Gasteiger partial charge in [-0.05, 0) is 66.4 Å². The van der Waals surface area contributed by atoms with E-state index in [2.05, 4.69) is 20.6 Å². The lowest BCUT2D eigenvalue weighted by molar-refractivity contribution is -0.169. The second kappa shape index (κ2) is 9.73. The third kappa shape index (κ3) is 5.42. The number of pyridine rings is 2. The third-order valence-electron chi connectivity index (χ3n) is 6.01. The zero-order valence-electron chi connectivity index (χ0n) is 19.2. The van der Waals surface area contributed by atoms with Crippen molar-refractivity contribution in [2.45, 2.75) is 19.5 Å². The van der Waals surface area contributed by atoms with Crippen molar-refractivity contribution in [3.05, 3.63) is 66.1 Å². The fourth-order valence-corrected chi connectivity index (χ4v) is 4.02. The number of rotatable bonds is 4. The summed E-state index contributed by atoms with van der Waals surface area (Å²) in [6.07, 6.45) is -1.21. The van der Waals surface area contributed by atoms with Gasteiger partial charge in [0.15, 0.2) is 0 Å². The van der Waals surface area contributed by atoms with Gasteiger partial charge in [-0.15, -0.1) is 0 Å². The van der Waals surface area contributed by atoms with Crippen molar-refractivity contribution in [3.8, 4) is 22.4 Å². The van der Waals surface area contributed by atoms with Gasteiger partial charge in [0.25, 0.3) is 5.91 Å². The number of nitrogens with one attached hydrogen (secondary N) is 2. The molecular weight excluding hydrogens is 459 g/mol. The maximum absolute atomic E-state index is 13.0. The van der Waals surface area contributed by atoms with E-state index < -0.39 is 18.1 Å². The van der Waals surface area contributed by atoms with Crippen LogP contribution >= 0.6 is 0 Å². The Kier molecular flexibility index (Phi) is 6.72. The second-order valence-corrected chi connectivity index (χ2v) is 8.37. The first-order chi connectivity index (χ1) is 16.7. The van der Waals surface area contributed by atoms with Crippen molar-refractivity contribution >= 4 is 17.6 Å². The van der Waals surface area contributed by atoms with Crippen molar-refractivity contribution in [1.29, 1.82) is 0 Å². The molecule has 0 spiro atoms. The van der Waals surface area contributed by atoms with E-state index in [0.717, 1.165) is 22.3 Å². The van der Waals surface area contributed by atoms with Crippen LogP contribution in [-0.2, 0) is 0 Å². The molecule has 3 amide bonds. The summed E-state index contributed by atoms with van der Waals surface area (Å²) in [4.78, 5) is 34.2. The molecule has 2 aromatic heterocycles. The minimum atomic E-state index is -4.30. The molecule has 1 saturated heterocycles. The molecule has 1 fully saturated rings. The van der Waals surface area contributed by atoms with Gasteiger partial charge < -0.3 is 15.5 Å². The number of amides is 3. The number of likely N-dealkylation sites (tertiary alicyclic amines) is 1. The van der Waals surface area contributed by atoms with Crippen LogP contribution in [0.2, 0.25) is 0 Å². The maximum Gasteiger partial charge on any atom is 0.393 e. The summed E-state index contributed by atoms with van der Waals surface area (Å²) in [5.41, 5.74) is 4.72. The number of anilines is 1. The number of alkyl halides is 3. The molecule has 35 heavy (non-hydrogen) atoms. The Morgan fingerprint density at radius 3 is 2.49 bits per heavy atom. The number of hydrogen-bond donors (Lipinski definition) is 2. The van der Waals surface area contributed by atoms with Crippen molar-refractivity contribution < 1.29 is 22.8 Å². The number of hydrogen-bond acceptors (Lipinski definition) is 4. The standard InChI is InChI=1S/C25H24F3N5O2/c1-15-3-4-19(32-24(35)33-10-7-18(14-33)25(26,27)28)13-20(15)16-5-8-30-21(11-16)17-6-9-31-22(12-17)23(34)29-2/h3-6,8-9,11-13,18H,7,10,14H2,1-2H3,(H,29,34)(H,32,35)/t18-/m0/s1. The van der Waals surface area contributed by atoms with Gasteiger partial charge >= 0.3 is 12.2 Å². The predicted octanol–water partition coefficient (Wildman–Crippen LogP) is 4.89. The predicted molar refractivity (Wildman–Crippen MR) is 126 cm³/mol. The van der Waals surface area contributed by atoms with Gasteiger partial charge in [-0.2, -0.15) is 13.2 Å². The minimum Gasteiger partial charge on any atom is -0.354 e. The minimum absolute atomic E-state index is 0.0619. The van der Waals surface area contributed by atoms with Gasteiger partial charge in [-0.1, -0.05) is 6.07 Å². The van der Waals surface area contributed by atoms with Crippen LogP contribution in [0, 0.1) is 12.8 Å². The number of carbonyl (C=O) groups excluding carboxylic acids is 2. The Bertz CT molecular complexity index is 1260. The largest absolute Gasteiger partial charge is 0.393 e. The first-order valence-electron chi connectivity index (χ1n) is 11.0. The molecule has 3 aromatic rings. The van der Waals surface area contributed by atoms with Gasteiger partial charge in [0.05, 0.1) is 11.6 Å². The van der Waals surface area contributed by atoms with E-state index in [0.29, 0.717) is 11.4 Å². The van der Waals surface area contributed by atoms with Gasteiger partial charge in [0.1, 0.15) is 5.69 Å². The molecule has 182 valence electrons. The number of aromatic nitrogens is 2. The zero-order chi connectivity index (χ0) is 25.2. The zero-order valence-corrected chi connectivity index (χ0v) is 19.2.